The first-order valence-electron chi connectivity index (χ1n) is 8.73. The average Bonchev–Trinajstić information content (AvgIpc) is 2.49. The van der Waals surface area contributed by atoms with Crippen LogP contribution in [0.5, 0.6) is 0 Å². The number of benzene rings is 1. The molecular formula is C20H29NO5. The third-order valence-corrected chi connectivity index (χ3v) is 3.69. The lowest BCUT2D eigenvalue weighted by Gasteiger charge is -2.27. The van der Waals surface area contributed by atoms with E-state index in [1.807, 2.05) is 34.6 Å². The summed E-state index contributed by atoms with van der Waals surface area (Å²) in [5, 5.41) is 11.8. The molecule has 0 aliphatic rings. The topological polar surface area (TPSA) is 92.7 Å². The summed E-state index contributed by atoms with van der Waals surface area (Å²) < 4.78 is 5.28. The lowest BCUT2D eigenvalue weighted by molar-refractivity contribution is -0.155. The van der Waals surface area contributed by atoms with Gasteiger partial charge < -0.3 is 15.2 Å². The Kier molecular flexibility index (Phi) is 7.36. The maximum Gasteiger partial charge on any atom is 0.335 e. The third-order valence-electron chi connectivity index (χ3n) is 3.69. The summed E-state index contributed by atoms with van der Waals surface area (Å²) in [6.07, 6.45) is 1.54. The van der Waals surface area contributed by atoms with Crippen LogP contribution < -0.4 is 5.32 Å². The minimum absolute atomic E-state index is 0.110. The molecule has 0 aliphatic heterocycles. The van der Waals surface area contributed by atoms with Gasteiger partial charge in [0, 0.05) is 18.4 Å². The van der Waals surface area contributed by atoms with Gasteiger partial charge in [-0.2, -0.15) is 0 Å². The minimum Gasteiger partial charge on any atom is -0.478 e. The number of carboxylic acids is 1. The van der Waals surface area contributed by atoms with Crippen molar-refractivity contribution in [3.05, 3.63) is 35.4 Å². The lowest BCUT2D eigenvalue weighted by Crippen LogP contribution is -2.44. The molecule has 6 heteroatoms. The Morgan fingerprint density at radius 1 is 1.00 bits per heavy atom. The van der Waals surface area contributed by atoms with Crippen LogP contribution in [0.3, 0.4) is 0 Å². The van der Waals surface area contributed by atoms with Crippen LogP contribution in [0.2, 0.25) is 0 Å². The molecular weight excluding hydrogens is 334 g/mol. The van der Waals surface area contributed by atoms with Crippen molar-refractivity contribution in [1.29, 1.82) is 0 Å². The molecule has 1 rings (SSSR count). The van der Waals surface area contributed by atoms with E-state index in [4.69, 9.17) is 9.84 Å². The van der Waals surface area contributed by atoms with Gasteiger partial charge >= 0.3 is 11.9 Å². The van der Waals surface area contributed by atoms with Crippen LogP contribution in [0, 0.1) is 0 Å². The van der Waals surface area contributed by atoms with Gasteiger partial charge in [-0.25, -0.2) is 4.79 Å². The summed E-state index contributed by atoms with van der Waals surface area (Å²) in [5.74, 6) is -1.36. The summed E-state index contributed by atoms with van der Waals surface area (Å²) in [5.41, 5.74) is 0.0973. The number of nitrogens with one attached hydrogen (secondary N) is 1. The van der Waals surface area contributed by atoms with E-state index in [0.29, 0.717) is 19.3 Å². The van der Waals surface area contributed by atoms with Crippen LogP contribution in [0.15, 0.2) is 24.3 Å². The van der Waals surface area contributed by atoms with E-state index in [1.165, 1.54) is 12.1 Å². The predicted molar refractivity (Wildman–Crippen MR) is 99.0 cm³/mol. The molecule has 1 aromatic carbocycles. The zero-order chi connectivity index (χ0) is 20.0. The van der Waals surface area contributed by atoms with Crippen LogP contribution in [-0.4, -0.2) is 34.1 Å². The van der Waals surface area contributed by atoms with Crippen LogP contribution >= 0.6 is 0 Å². The summed E-state index contributed by atoms with van der Waals surface area (Å²) in [6, 6.07) is 6.48. The Morgan fingerprint density at radius 3 is 2.08 bits per heavy atom. The fraction of sp³-hybridized carbons (Fsp3) is 0.550. The quantitative estimate of drug-likeness (QED) is 0.691. The number of aromatic carboxylic acids is 1. The van der Waals surface area contributed by atoms with Crippen LogP contribution in [-0.2, 0) is 20.7 Å². The van der Waals surface area contributed by atoms with Crippen LogP contribution in [0.25, 0.3) is 0 Å². The molecule has 0 atom stereocenters. The Hall–Kier alpha value is -2.37. The van der Waals surface area contributed by atoms with Crippen LogP contribution in [0.1, 0.15) is 69.8 Å². The molecule has 6 nitrogen and oxygen atoms in total. The highest BCUT2D eigenvalue weighted by molar-refractivity contribution is 5.87. The number of carboxylic acid groups (broad SMARTS) is 1. The Labute approximate surface area is 154 Å². The van der Waals surface area contributed by atoms with E-state index in [9.17, 15) is 14.4 Å². The van der Waals surface area contributed by atoms with Gasteiger partial charge in [-0.3, -0.25) is 9.59 Å². The van der Waals surface area contributed by atoms with E-state index in [2.05, 4.69) is 5.32 Å². The number of hydrogen-bond donors (Lipinski definition) is 2. The Morgan fingerprint density at radius 2 is 1.58 bits per heavy atom. The first-order valence-corrected chi connectivity index (χ1v) is 8.73. The summed E-state index contributed by atoms with van der Waals surface area (Å²) >= 11 is 0. The number of rotatable bonds is 8. The fourth-order valence-electron chi connectivity index (χ4n) is 2.38. The van der Waals surface area contributed by atoms with Crippen molar-refractivity contribution >= 4 is 17.8 Å². The molecule has 0 spiro atoms. The number of hydrogen-bond acceptors (Lipinski definition) is 4. The molecule has 0 heterocycles. The molecule has 1 amide bonds. The Bertz CT molecular complexity index is 641. The summed E-state index contributed by atoms with van der Waals surface area (Å²) in [4.78, 5) is 34.8. The molecule has 0 unspecified atom stereocenters. The minimum atomic E-state index is -0.971. The van der Waals surface area contributed by atoms with Gasteiger partial charge in [0.05, 0.1) is 5.56 Å². The lowest BCUT2D eigenvalue weighted by atomic mass is 9.97. The molecule has 0 aromatic heterocycles. The normalized spacial score (nSPS) is 11.7. The van der Waals surface area contributed by atoms with Crippen molar-refractivity contribution in [2.75, 3.05) is 0 Å². The molecule has 1 aromatic rings. The second kappa shape index (κ2) is 8.83. The van der Waals surface area contributed by atoms with Gasteiger partial charge in [0.15, 0.2) is 0 Å². The maximum absolute atomic E-state index is 12.2. The van der Waals surface area contributed by atoms with E-state index in [-0.39, 0.29) is 23.9 Å². The maximum atomic E-state index is 12.2. The van der Waals surface area contributed by atoms with E-state index >= 15 is 0 Å². The molecule has 0 bridgehead atoms. The number of esters is 1. The van der Waals surface area contributed by atoms with Gasteiger partial charge in [0.25, 0.3) is 0 Å². The van der Waals surface area contributed by atoms with Gasteiger partial charge in [-0.1, -0.05) is 12.1 Å². The molecule has 0 saturated carbocycles. The number of ether oxygens (including phenoxy) is 1. The second-order valence-corrected chi connectivity index (χ2v) is 8.02. The summed E-state index contributed by atoms with van der Waals surface area (Å²) in [6.45, 7) is 9.20. The molecule has 144 valence electrons. The molecule has 0 aliphatic carbocycles. The van der Waals surface area contributed by atoms with Gasteiger partial charge in [0.2, 0.25) is 5.91 Å². The van der Waals surface area contributed by atoms with Crippen molar-refractivity contribution in [3.63, 3.8) is 0 Å². The largest absolute Gasteiger partial charge is 0.478 e. The van der Waals surface area contributed by atoms with E-state index in [1.54, 1.807) is 12.1 Å². The van der Waals surface area contributed by atoms with Crippen molar-refractivity contribution in [2.24, 2.45) is 0 Å². The average molecular weight is 363 g/mol. The van der Waals surface area contributed by atoms with Crippen molar-refractivity contribution in [1.82, 2.24) is 5.32 Å². The van der Waals surface area contributed by atoms with E-state index in [0.717, 1.165) is 5.56 Å². The number of carbonyl (C=O) groups is 3. The van der Waals surface area contributed by atoms with Crippen LogP contribution in [0.4, 0.5) is 0 Å². The van der Waals surface area contributed by atoms with Gasteiger partial charge in [-0.05, 0) is 65.2 Å². The van der Waals surface area contributed by atoms with Crippen molar-refractivity contribution < 1.29 is 24.2 Å². The zero-order valence-corrected chi connectivity index (χ0v) is 16.2. The van der Waals surface area contributed by atoms with Gasteiger partial charge in [-0.15, -0.1) is 0 Å². The SMILES string of the molecule is CC(C)(CCC(=O)OC(C)(C)C)NC(=O)CCc1ccc(C(=O)O)cc1. The first kappa shape index (κ1) is 21.7. The monoisotopic (exact) mass is 363 g/mol. The molecule has 0 fully saturated rings. The third kappa shape index (κ3) is 8.65. The molecule has 26 heavy (non-hydrogen) atoms. The van der Waals surface area contributed by atoms with Crippen molar-refractivity contribution in [2.45, 2.75) is 71.4 Å². The smallest absolute Gasteiger partial charge is 0.335 e. The standard InChI is InChI=1S/C20H29NO5/c1-19(2,3)26-17(23)12-13-20(4,5)21-16(22)11-8-14-6-9-15(10-7-14)18(24)25/h6-7,9-10H,8,11-13H2,1-5H3,(H,21,22)(H,24,25). The van der Waals surface area contributed by atoms with Gasteiger partial charge in [0.1, 0.15) is 5.60 Å². The Balaban J connectivity index is 2.42. The number of aryl methyl sites for hydroxylation is 1. The van der Waals surface area contributed by atoms with Crippen molar-refractivity contribution in [3.8, 4) is 0 Å². The molecule has 0 radical (unpaired) electrons. The number of carbonyl (C=O) groups excluding carboxylic acids is 2. The summed E-state index contributed by atoms with van der Waals surface area (Å²) in [7, 11) is 0. The molecule has 0 saturated heterocycles. The predicted octanol–water partition coefficient (Wildman–Crippen LogP) is 3.33. The fourth-order valence-corrected chi connectivity index (χ4v) is 2.38. The zero-order valence-electron chi connectivity index (χ0n) is 16.2. The molecule has 2 N–H and O–H groups in total. The highest BCUT2D eigenvalue weighted by atomic mass is 16.6. The number of amides is 1. The first-order chi connectivity index (χ1) is 11.9. The van der Waals surface area contributed by atoms with E-state index < -0.39 is 17.1 Å². The highest BCUT2D eigenvalue weighted by Crippen LogP contribution is 2.16. The highest BCUT2D eigenvalue weighted by Gasteiger charge is 2.23. The second-order valence-electron chi connectivity index (χ2n) is 8.02.